The normalized spacial score (nSPS) is 15.8. The Morgan fingerprint density at radius 3 is 2.78 bits per heavy atom. The molecule has 0 aliphatic heterocycles. The van der Waals surface area contributed by atoms with Crippen molar-refractivity contribution < 1.29 is 18.3 Å². The van der Waals surface area contributed by atoms with Crippen LogP contribution in [-0.4, -0.2) is 44.0 Å². The Morgan fingerprint density at radius 1 is 1.16 bits per heavy atom. The first-order valence-corrected chi connectivity index (χ1v) is 12.9. The molecule has 1 aromatic heterocycles. The molecule has 4 N–H and O–H groups in total. The molecule has 0 spiro atoms. The minimum atomic E-state index is -3.36. The summed E-state index contributed by atoms with van der Waals surface area (Å²) in [5, 5.41) is 15.1. The highest BCUT2D eigenvalue weighted by Crippen LogP contribution is 2.31. The molecule has 7 nitrogen and oxygen atoms in total. The molecule has 8 heteroatoms. The minimum absolute atomic E-state index is 0.0227. The predicted octanol–water partition coefficient (Wildman–Crippen LogP) is 3.51. The molecule has 32 heavy (non-hydrogen) atoms. The average Bonchev–Trinajstić information content (AvgIpc) is 3.13. The molecule has 2 atom stereocenters. The number of hydrogen-bond acceptors (Lipinski definition) is 5. The Kier molecular flexibility index (Phi) is 6.74. The molecule has 2 aromatic carbocycles. The maximum Gasteiger partial charge on any atom is 0.229 e. The van der Waals surface area contributed by atoms with Gasteiger partial charge in [0.05, 0.1) is 12.4 Å². The van der Waals surface area contributed by atoms with E-state index in [2.05, 4.69) is 27.2 Å². The number of aliphatic hydroxyl groups excluding tert-OH is 1. The van der Waals surface area contributed by atoms with Gasteiger partial charge in [-0.3, -0.25) is 4.72 Å². The highest BCUT2D eigenvalue weighted by molar-refractivity contribution is 7.92. The second-order valence-corrected chi connectivity index (χ2v) is 10.4. The van der Waals surface area contributed by atoms with Crippen molar-refractivity contribution in [3.8, 4) is 5.75 Å². The fraction of sp³-hybridized carbons (Fsp3) is 0.417. The zero-order valence-electron chi connectivity index (χ0n) is 18.5. The lowest BCUT2D eigenvalue weighted by Crippen LogP contribution is -2.34. The summed E-state index contributed by atoms with van der Waals surface area (Å²) in [6.45, 7) is 2.80. The number of aryl methyl sites for hydroxylation is 2. The lowest BCUT2D eigenvalue weighted by Gasteiger charge is -2.18. The first kappa shape index (κ1) is 22.6. The van der Waals surface area contributed by atoms with Gasteiger partial charge in [0.2, 0.25) is 10.0 Å². The number of aliphatic hydroxyl groups is 1. The number of fused-ring (bicyclic) bond motifs is 3. The van der Waals surface area contributed by atoms with Crippen molar-refractivity contribution in [3.05, 3.63) is 59.3 Å². The molecule has 1 aliphatic rings. The van der Waals surface area contributed by atoms with Crippen molar-refractivity contribution in [2.45, 2.75) is 44.8 Å². The van der Waals surface area contributed by atoms with E-state index in [1.54, 1.807) is 24.3 Å². The largest absolute Gasteiger partial charge is 0.492 e. The quantitative estimate of drug-likeness (QED) is 0.394. The van der Waals surface area contributed by atoms with Crippen LogP contribution >= 0.6 is 0 Å². The fourth-order valence-electron chi connectivity index (χ4n) is 4.22. The fourth-order valence-corrected chi connectivity index (χ4v) is 4.77. The van der Waals surface area contributed by atoms with Crippen LogP contribution in [0.5, 0.6) is 5.75 Å². The molecule has 0 saturated heterocycles. The van der Waals surface area contributed by atoms with E-state index in [-0.39, 0.29) is 6.04 Å². The molecular weight excluding hydrogens is 426 g/mol. The Morgan fingerprint density at radius 2 is 1.97 bits per heavy atom. The number of nitrogens with one attached hydrogen (secondary N) is 3. The van der Waals surface area contributed by atoms with E-state index >= 15 is 0 Å². The van der Waals surface area contributed by atoms with E-state index in [1.807, 2.05) is 13.0 Å². The smallest absolute Gasteiger partial charge is 0.229 e. The number of aromatic nitrogens is 1. The van der Waals surface area contributed by atoms with Crippen LogP contribution in [0.15, 0.2) is 42.5 Å². The zero-order valence-corrected chi connectivity index (χ0v) is 19.3. The second-order valence-electron chi connectivity index (χ2n) is 8.63. The molecule has 4 rings (SSSR count). The van der Waals surface area contributed by atoms with Crippen molar-refractivity contribution in [2.75, 3.05) is 24.1 Å². The van der Waals surface area contributed by atoms with Crippen LogP contribution in [-0.2, 0) is 22.9 Å². The summed E-state index contributed by atoms with van der Waals surface area (Å²) >= 11 is 0. The third-order valence-corrected chi connectivity index (χ3v) is 6.41. The number of benzene rings is 2. The van der Waals surface area contributed by atoms with E-state index in [0.29, 0.717) is 24.4 Å². The lowest BCUT2D eigenvalue weighted by atomic mass is 9.96. The molecule has 0 saturated carbocycles. The molecule has 0 fully saturated rings. The Balaban J connectivity index is 1.29. The third kappa shape index (κ3) is 5.62. The van der Waals surface area contributed by atoms with Crippen LogP contribution in [0.4, 0.5) is 5.69 Å². The number of anilines is 1. The van der Waals surface area contributed by atoms with Crippen LogP contribution in [0, 0.1) is 0 Å². The van der Waals surface area contributed by atoms with Gasteiger partial charge in [0.15, 0.2) is 0 Å². The van der Waals surface area contributed by atoms with E-state index in [9.17, 15) is 13.5 Å². The molecular formula is C24H31N3O4S. The molecule has 1 unspecified atom stereocenters. The van der Waals surface area contributed by atoms with Gasteiger partial charge in [-0.15, -0.1) is 0 Å². The number of aromatic amines is 1. The maximum absolute atomic E-state index is 11.4. The van der Waals surface area contributed by atoms with Gasteiger partial charge in [0, 0.05) is 40.9 Å². The highest BCUT2D eigenvalue weighted by Gasteiger charge is 2.16. The Labute approximate surface area is 189 Å². The number of H-pyrrole nitrogens is 1. The van der Waals surface area contributed by atoms with E-state index in [1.165, 1.54) is 29.5 Å². The summed E-state index contributed by atoms with van der Waals surface area (Å²) in [4.78, 5) is 3.55. The average molecular weight is 458 g/mol. The van der Waals surface area contributed by atoms with Crippen LogP contribution in [0.1, 0.15) is 42.7 Å². The van der Waals surface area contributed by atoms with Crippen molar-refractivity contribution in [2.24, 2.45) is 0 Å². The van der Waals surface area contributed by atoms with Gasteiger partial charge in [-0.25, -0.2) is 8.42 Å². The van der Waals surface area contributed by atoms with Crippen LogP contribution in [0.25, 0.3) is 10.9 Å². The van der Waals surface area contributed by atoms with Crippen molar-refractivity contribution in [3.63, 3.8) is 0 Å². The van der Waals surface area contributed by atoms with Gasteiger partial charge in [-0.05, 0) is 68.0 Å². The van der Waals surface area contributed by atoms with E-state index in [4.69, 9.17) is 4.74 Å². The van der Waals surface area contributed by atoms with E-state index in [0.717, 1.165) is 30.4 Å². The molecule has 0 radical (unpaired) electrons. The topological polar surface area (TPSA) is 103 Å². The van der Waals surface area contributed by atoms with Gasteiger partial charge in [0.1, 0.15) is 12.4 Å². The summed E-state index contributed by atoms with van der Waals surface area (Å²) in [6, 6.07) is 13.0. The van der Waals surface area contributed by atoms with Crippen LogP contribution in [0.2, 0.25) is 0 Å². The van der Waals surface area contributed by atoms with Crippen molar-refractivity contribution >= 4 is 26.6 Å². The van der Waals surface area contributed by atoms with Crippen LogP contribution < -0.4 is 14.8 Å². The van der Waals surface area contributed by atoms with Gasteiger partial charge in [-0.1, -0.05) is 12.1 Å². The Bertz CT molecular complexity index is 1190. The SMILES string of the molecule is C[C@H](COc1ccc2c3c([nH]c2c1)CCCC3)NCC(O)c1cccc(NS(C)(=O)=O)c1. The minimum Gasteiger partial charge on any atom is -0.492 e. The van der Waals surface area contributed by atoms with Crippen LogP contribution in [0.3, 0.4) is 0 Å². The summed E-state index contributed by atoms with van der Waals surface area (Å²) in [6.07, 6.45) is 5.10. The standard InChI is InChI=1S/C24H31N3O4S/c1-16(25-14-24(28)17-6-5-7-18(12-17)27-32(2,29)30)15-31-19-10-11-21-20-8-3-4-9-22(20)26-23(21)13-19/h5-7,10-13,16,24-28H,3-4,8-9,14-15H2,1-2H3/t16-,24?/m1/s1. The van der Waals surface area contributed by atoms with Crippen molar-refractivity contribution in [1.29, 1.82) is 0 Å². The highest BCUT2D eigenvalue weighted by atomic mass is 32.2. The summed E-state index contributed by atoms with van der Waals surface area (Å²) in [5.74, 6) is 0.824. The van der Waals surface area contributed by atoms with Gasteiger partial charge < -0.3 is 20.1 Å². The monoisotopic (exact) mass is 457 g/mol. The zero-order chi connectivity index (χ0) is 22.7. The molecule has 3 aromatic rings. The molecule has 0 amide bonds. The first-order chi connectivity index (χ1) is 15.3. The third-order valence-electron chi connectivity index (χ3n) is 5.80. The number of ether oxygens (including phenoxy) is 1. The molecule has 1 aliphatic carbocycles. The van der Waals surface area contributed by atoms with E-state index < -0.39 is 16.1 Å². The number of rotatable bonds is 9. The Hall–Kier alpha value is -2.55. The number of sulfonamides is 1. The molecule has 0 bridgehead atoms. The van der Waals surface area contributed by atoms with Gasteiger partial charge in [-0.2, -0.15) is 0 Å². The lowest BCUT2D eigenvalue weighted by molar-refractivity contribution is 0.164. The van der Waals surface area contributed by atoms with Gasteiger partial charge in [0.25, 0.3) is 0 Å². The second kappa shape index (κ2) is 9.52. The number of hydrogen-bond donors (Lipinski definition) is 4. The molecule has 1 heterocycles. The maximum atomic E-state index is 11.4. The van der Waals surface area contributed by atoms with Gasteiger partial charge >= 0.3 is 0 Å². The summed E-state index contributed by atoms with van der Waals surface area (Å²) in [7, 11) is -3.36. The van der Waals surface area contributed by atoms with Crippen molar-refractivity contribution in [1.82, 2.24) is 10.3 Å². The predicted molar refractivity (Wildman–Crippen MR) is 128 cm³/mol. The first-order valence-electron chi connectivity index (χ1n) is 11.0. The molecule has 172 valence electrons. The summed E-state index contributed by atoms with van der Waals surface area (Å²) in [5.41, 5.74) is 5.02. The summed E-state index contributed by atoms with van der Waals surface area (Å²) < 4.78 is 31.2.